The first-order chi connectivity index (χ1) is 10.2. The maximum atomic E-state index is 11.5. The van der Waals surface area contributed by atoms with Crippen LogP contribution in [0.25, 0.3) is 11.3 Å². The molecule has 1 aromatic carbocycles. The Bertz CT molecular complexity index is 769. The summed E-state index contributed by atoms with van der Waals surface area (Å²) in [6.07, 6.45) is 2.33. The lowest BCUT2D eigenvalue weighted by atomic mass is 10.0. The van der Waals surface area contributed by atoms with Crippen LogP contribution in [0.1, 0.15) is 21.6 Å². The molecule has 0 saturated carbocycles. The van der Waals surface area contributed by atoms with E-state index in [2.05, 4.69) is 9.97 Å². The molecule has 2 heterocycles. The predicted octanol–water partition coefficient (Wildman–Crippen LogP) is 2.89. The molecule has 5 heteroatoms. The molecule has 0 unspecified atom stereocenters. The minimum Gasteiger partial charge on any atom is -0.366 e. The minimum atomic E-state index is -0.416. The Kier molecular flexibility index (Phi) is 3.75. The number of hydrogen-bond acceptors (Lipinski definition) is 4. The third kappa shape index (κ3) is 2.98. The Morgan fingerprint density at radius 2 is 2.05 bits per heavy atom. The van der Waals surface area contributed by atoms with Gasteiger partial charge in [-0.05, 0) is 23.8 Å². The Balaban J connectivity index is 1.93. The van der Waals surface area contributed by atoms with Gasteiger partial charge in [0.1, 0.15) is 0 Å². The zero-order valence-corrected chi connectivity index (χ0v) is 12.0. The highest BCUT2D eigenvalue weighted by atomic mass is 32.1. The van der Waals surface area contributed by atoms with Crippen LogP contribution in [0.5, 0.6) is 0 Å². The zero-order valence-electron chi connectivity index (χ0n) is 11.2. The molecule has 0 aliphatic carbocycles. The van der Waals surface area contributed by atoms with Crippen LogP contribution in [0.2, 0.25) is 0 Å². The first kappa shape index (κ1) is 13.5. The Hall–Kier alpha value is -2.53. The molecular formula is C16H13N3OS. The number of carbonyl (C=O) groups is 1. The van der Waals surface area contributed by atoms with Gasteiger partial charge < -0.3 is 5.73 Å². The van der Waals surface area contributed by atoms with Crippen LogP contribution in [-0.4, -0.2) is 15.9 Å². The Morgan fingerprint density at radius 1 is 1.19 bits per heavy atom. The van der Waals surface area contributed by atoms with Crippen LogP contribution in [0.15, 0.2) is 53.5 Å². The largest absolute Gasteiger partial charge is 0.366 e. The van der Waals surface area contributed by atoms with Gasteiger partial charge in [0.05, 0.1) is 11.2 Å². The van der Waals surface area contributed by atoms with Crippen LogP contribution in [0.4, 0.5) is 0 Å². The molecule has 4 nitrogen and oxygen atoms in total. The normalized spacial score (nSPS) is 10.5. The van der Waals surface area contributed by atoms with E-state index in [1.54, 1.807) is 29.1 Å². The molecule has 0 radical (unpaired) electrons. The summed E-state index contributed by atoms with van der Waals surface area (Å²) in [6, 6.07) is 11.3. The van der Waals surface area contributed by atoms with Gasteiger partial charge >= 0.3 is 0 Å². The van der Waals surface area contributed by atoms with Gasteiger partial charge in [0.2, 0.25) is 5.91 Å². The van der Waals surface area contributed by atoms with Gasteiger partial charge in [-0.3, -0.25) is 9.78 Å². The minimum absolute atomic E-state index is 0.416. The highest BCUT2D eigenvalue weighted by Gasteiger charge is 2.09. The topological polar surface area (TPSA) is 68.9 Å². The van der Waals surface area contributed by atoms with Crippen molar-refractivity contribution in [2.24, 2.45) is 5.73 Å². The van der Waals surface area contributed by atoms with Crippen molar-refractivity contribution in [2.45, 2.75) is 6.42 Å². The number of hydrogen-bond donors (Lipinski definition) is 1. The van der Waals surface area contributed by atoms with Crippen molar-refractivity contribution >= 4 is 17.2 Å². The third-order valence-corrected chi connectivity index (χ3v) is 3.79. The fourth-order valence-electron chi connectivity index (χ4n) is 2.20. The number of thiazole rings is 1. The maximum Gasteiger partial charge on any atom is 0.248 e. The predicted molar refractivity (Wildman–Crippen MR) is 83.1 cm³/mol. The molecule has 0 aliphatic heterocycles. The number of carbonyl (C=O) groups excluding carboxylic acids is 1. The molecule has 0 aliphatic rings. The maximum absolute atomic E-state index is 11.5. The van der Waals surface area contributed by atoms with Crippen LogP contribution in [0, 0.1) is 0 Å². The van der Waals surface area contributed by atoms with E-state index in [0.717, 1.165) is 22.5 Å². The van der Waals surface area contributed by atoms with E-state index in [1.807, 2.05) is 35.7 Å². The summed E-state index contributed by atoms with van der Waals surface area (Å²) < 4.78 is 0. The van der Waals surface area contributed by atoms with Crippen molar-refractivity contribution in [2.75, 3.05) is 0 Å². The molecule has 0 bridgehead atoms. The highest BCUT2D eigenvalue weighted by molar-refractivity contribution is 7.07. The number of nitrogens with two attached hydrogens (primary N) is 1. The van der Waals surface area contributed by atoms with E-state index in [9.17, 15) is 4.79 Å². The lowest BCUT2D eigenvalue weighted by Crippen LogP contribution is -2.13. The van der Waals surface area contributed by atoms with Crippen molar-refractivity contribution in [1.82, 2.24) is 9.97 Å². The number of nitrogens with zero attached hydrogens (tertiary/aromatic N) is 2. The lowest BCUT2D eigenvalue weighted by Gasteiger charge is -2.07. The number of rotatable bonds is 4. The van der Waals surface area contributed by atoms with Gasteiger partial charge in [-0.1, -0.05) is 18.2 Å². The number of amides is 1. The van der Waals surface area contributed by atoms with Crippen LogP contribution in [-0.2, 0) is 6.42 Å². The summed E-state index contributed by atoms with van der Waals surface area (Å²) in [5.41, 5.74) is 11.5. The molecule has 3 rings (SSSR count). The molecule has 2 aromatic heterocycles. The van der Waals surface area contributed by atoms with E-state index in [1.165, 1.54) is 0 Å². The van der Waals surface area contributed by atoms with Gasteiger partial charge in [-0.25, -0.2) is 4.98 Å². The molecule has 0 fully saturated rings. The standard InChI is InChI=1S/C16H13N3OS/c17-16(20)14-4-2-1-3-11(14)7-13-8-12(5-6-18-13)15-9-21-10-19-15/h1-6,8-10H,7H2,(H2,17,20). The molecule has 0 atom stereocenters. The van der Waals surface area contributed by atoms with Gasteiger partial charge in [0.15, 0.2) is 0 Å². The second-order valence-electron chi connectivity index (χ2n) is 4.61. The first-order valence-corrected chi connectivity index (χ1v) is 7.39. The summed E-state index contributed by atoms with van der Waals surface area (Å²) in [4.78, 5) is 20.1. The summed E-state index contributed by atoms with van der Waals surface area (Å²) in [5, 5.41) is 2.00. The molecule has 21 heavy (non-hydrogen) atoms. The summed E-state index contributed by atoms with van der Waals surface area (Å²) in [6.45, 7) is 0. The van der Waals surface area contributed by atoms with Crippen molar-refractivity contribution in [1.29, 1.82) is 0 Å². The molecular weight excluding hydrogens is 282 g/mol. The van der Waals surface area contributed by atoms with Crippen LogP contribution < -0.4 is 5.73 Å². The SMILES string of the molecule is NC(=O)c1ccccc1Cc1cc(-c2cscn2)ccn1. The summed E-state index contributed by atoms with van der Waals surface area (Å²) >= 11 is 1.56. The number of aromatic nitrogens is 2. The fraction of sp³-hybridized carbons (Fsp3) is 0.0625. The fourth-order valence-corrected chi connectivity index (χ4v) is 2.76. The molecule has 1 amide bonds. The van der Waals surface area contributed by atoms with Crippen molar-refractivity contribution in [3.8, 4) is 11.3 Å². The molecule has 104 valence electrons. The van der Waals surface area contributed by atoms with Gasteiger partial charge in [0.25, 0.3) is 0 Å². The third-order valence-electron chi connectivity index (χ3n) is 3.20. The zero-order chi connectivity index (χ0) is 14.7. The monoisotopic (exact) mass is 295 g/mol. The van der Waals surface area contributed by atoms with E-state index < -0.39 is 5.91 Å². The quantitative estimate of drug-likeness (QED) is 0.804. The molecule has 0 spiro atoms. The highest BCUT2D eigenvalue weighted by Crippen LogP contribution is 2.21. The average molecular weight is 295 g/mol. The average Bonchev–Trinajstić information content (AvgIpc) is 3.02. The van der Waals surface area contributed by atoms with Crippen LogP contribution >= 0.6 is 11.3 Å². The smallest absolute Gasteiger partial charge is 0.248 e. The lowest BCUT2D eigenvalue weighted by molar-refractivity contribution is 0.0999. The molecule has 0 saturated heterocycles. The summed E-state index contributed by atoms with van der Waals surface area (Å²) in [7, 11) is 0. The van der Waals surface area contributed by atoms with E-state index >= 15 is 0 Å². The molecule has 3 aromatic rings. The number of primary amides is 1. The van der Waals surface area contributed by atoms with E-state index in [4.69, 9.17) is 5.73 Å². The van der Waals surface area contributed by atoms with Crippen molar-refractivity contribution in [3.05, 3.63) is 70.3 Å². The van der Waals surface area contributed by atoms with Crippen LogP contribution in [0.3, 0.4) is 0 Å². The van der Waals surface area contributed by atoms with Gasteiger partial charge in [-0.15, -0.1) is 11.3 Å². The number of pyridine rings is 1. The second-order valence-corrected chi connectivity index (χ2v) is 5.33. The Labute approximate surface area is 126 Å². The van der Waals surface area contributed by atoms with Gasteiger partial charge in [0, 0.05) is 34.8 Å². The van der Waals surface area contributed by atoms with E-state index in [-0.39, 0.29) is 0 Å². The number of benzene rings is 1. The summed E-state index contributed by atoms with van der Waals surface area (Å²) in [5.74, 6) is -0.416. The van der Waals surface area contributed by atoms with Crippen molar-refractivity contribution < 1.29 is 4.79 Å². The van der Waals surface area contributed by atoms with Gasteiger partial charge in [-0.2, -0.15) is 0 Å². The van der Waals surface area contributed by atoms with Crippen molar-refractivity contribution in [3.63, 3.8) is 0 Å². The second kappa shape index (κ2) is 5.85. The Morgan fingerprint density at radius 3 is 2.81 bits per heavy atom. The van der Waals surface area contributed by atoms with E-state index in [0.29, 0.717) is 12.0 Å². The first-order valence-electron chi connectivity index (χ1n) is 6.45. The molecule has 2 N–H and O–H groups in total.